The fraction of sp³-hybridized carbons (Fsp3) is 0.714. The van der Waals surface area contributed by atoms with Crippen LogP contribution in [0.3, 0.4) is 0 Å². The van der Waals surface area contributed by atoms with Crippen molar-refractivity contribution in [2.24, 2.45) is 0 Å². The van der Waals surface area contributed by atoms with Crippen molar-refractivity contribution >= 4 is 43.8 Å². The van der Waals surface area contributed by atoms with Gasteiger partial charge in [0.1, 0.15) is 9.65 Å². The lowest BCUT2D eigenvalue weighted by Gasteiger charge is -2.12. The highest BCUT2D eigenvalue weighted by Crippen LogP contribution is 2.17. The zero-order valence-corrected chi connectivity index (χ0v) is 10.4. The standard InChI is InChI=1S/C7H10Br2O4/c1-3-13-7(11)5(9)4(8)6(10)12-2/h4-5H,3H2,1-2H3/t4-,5-/m0/s1. The lowest BCUT2D eigenvalue weighted by Crippen LogP contribution is -2.33. The van der Waals surface area contributed by atoms with Gasteiger partial charge in [-0.1, -0.05) is 31.9 Å². The minimum absolute atomic E-state index is 0.280. The lowest BCUT2D eigenvalue weighted by molar-refractivity contribution is -0.147. The summed E-state index contributed by atoms with van der Waals surface area (Å²) in [6.45, 7) is 1.97. The van der Waals surface area contributed by atoms with E-state index < -0.39 is 21.6 Å². The number of esters is 2. The van der Waals surface area contributed by atoms with Gasteiger partial charge >= 0.3 is 11.9 Å². The van der Waals surface area contributed by atoms with Crippen molar-refractivity contribution in [2.75, 3.05) is 13.7 Å². The van der Waals surface area contributed by atoms with Gasteiger partial charge in [-0.25, -0.2) is 0 Å². The van der Waals surface area contributed by atoms with Crippen LogP contribution in [0.25, 0.3) is 0 Å². The summed E-state index contributed by atoms with van der Waals surface area (Å²) >= 11 is 6.05. The van der Waals surface area contributed by atoms with Crippen LogP contribution in [0, 0.1) is 0 Å². The van der Waals surface area contributed by atoms with Gasteiger partial charge in [-0.3, -0.25) is 9.59 Å². The molecule has 0 saturated heterocycles. The summed E-state index contributed by atoms with van der Waals surface area (Å²) in [4.78, 5) is 20.6. The second kappa shape index (κ2) is 6.37. The van der Waals surface area contributed by atoms with Gasteiger partial charge in [-0.15, -0.1) is 0 Å². The Balaban J connectivity index is 4.16. The van der Waals surface area contributed by atoms with Crippen LogP contribution < -0.4 is 0 Å². The average molecular weight is 318 g/mol. The maximum Gasteiger partial charge on any atom is 0.321 e. The second-order valence-corrected chi connectivity index (χ2v) is 4.05. The van der Waals surface area contributed by atoms with Gasteiger partial charge in [-0.05, 0) is 6.92 Å². The Labute approximate surface area is 93.2 Å². The molecule has 0 aromatic rings. The minimum atomic E-state index is -0.725. The molecule has 0 unspecified atom stereocenters. The third-order valence-electron chi connectivity index (χ3n) is 1.20. The van der Waals surface area contributed by atoms with Gasteiger partial charge in [0.25, 0.3) is 0 Å². The minimum Gasteiger partial charge on any atom is -0.468 e. The van der Waals surface area contributed by atoms with E-state index in [1.807, 2.05) is 0 Å². The van der Waals surface area contributed by atoms with Crippen molar-refractivity contribution in [1.29, 1.82) is 0 Å². The Hall–Kier alpha value is -0.100. The molecule has 0 fully saturated rings. The average Bonchev–Trinajstić information content (AvgIpc) is 2.14. The summed E-state index contributed by atoms with van der Waals surface area (Å²) in [7, 11) is 1.25. The van der Waals surface area contributed by atoms with Gasteiger partial charge in [0, 0.05) is 0 Å². The molecule has 0 aliphatic carbocycles. The van der Waals surface area contributed by atoms with Crippen LogP contribution >= 0.6 is 31.9 Å². The van der Waals surface area contributed by atoms with E-state index in [0.717, 1.165) is 0 Å². The maximum absolute atomic E-state index is 11.1. The number of methoxy groups -OCH3 is 1. The van der Waals surface area contributed by atoms with E-state index in [1.54, 1.807) is 6.92 Å². The smallest absolute Gasteiger partial charge is 0.321 e. The molecule has 0 rings (SSSR count). The van der Waals surface area contributed by atoms with Crippen LogP contribution in [0.15, 0.2) is 0 Å². The van der Waals surface area contributed by atoms with E-state index in [0.29, 0.717) is 0 Å². The Morgan fingerprint density at radius 2 is 1.69 bits per heavy atom. The summed E-state index contributed by atoms with van der Waals surface area (Å²) in [6.07, 6.45) is 0. The zero-order valence-electron chi connectivity index (χ0n) is 7.25. The molecule has 4 nitrogen and oxygen atoms in total. The van der Waals surface area contributed by atoms with Crippen LogP contribution in [0.4, 0.5) is 0 Å². The van der Waals surface area contributed by atoms with E-state index in [1.165, 1.54) is 7.11 Å². The van der Waals surface area contributed by atoms with Crippen molar-refractivity contribution in [3.63, 3.8) is 0 Å². The van der Waals surface area contributed by atoms with Gasteiger partial charge in [0.15, 0.2) is 0 Å². The predicted octanol–water partition coefficient (Wildman–Crippen LogP) is 1.25. The highest BCUT2D eigenvalue weighted by molar-refractivity contribution is 9.12. The molecule has 76 valence electrons. The Morgan fingerprint density at radius 1 is 1.23 bits per heavy atom. The molecule has 0 amide bonds. The van der Waals surface area contributed by atoms with Crippen molar-refractivity contribution in [3.05, 3.63) is 0 Å². The number of hydrogen-bond donors (Lipinski definition) is 0. The molecule has 0 bridgehead atoms. The topological polar surface area (TPSA) is 52.6 Å². The Morgan fingerprint density at radius 3 is 2.08 bits per heavy atom. The van der Waals surface area contributed by atoms with Crippen LogP contribution in [-0.4, -0.2) is 35.3 Å². The normalized spacial score (nSPS) is 14.5. The number of alkyl halides is 2. The summed E-state index contributed by atoms with van der Waals surface area (Å²) < 4.78 is 9.13. The van der Waals surface area contributed by atoms with E-state index in [9.17, 15) is 9.59 Å². The summed E-state index contributed by atoms with van der Waals surface area (Å²) in [5, 5.41) is 0. The summed E-state index contributed by atoms with van der Waals surface area (Å²) in [6, 6.07) is 0. The van der Waals surface area contributed by atoms with Crippen LogP contribution in [0.5, 0.6) is 0 Å². The van der Waals surface area contributed by atoms with Gasteiger partial charge in [0.2, 0.25) is 0 Å². The molecule has 0 N–H and O–H groups in total. The van der Waals surface area contributed by atoms with Crippen molar-refractivity contribution < 1.29 is 19.1 Å². The number of hydrogen-bond acceptors (Lipinski definition) is 4. The summed E-state index contributed by atoms with van der Waals surface area (Å²) in [5.41, 5.74) is 0. The molecule has 0 heterocycles. The number of rotatable bonds is 4. The van der Waals surface area contributed by atoms with Crippen molar-refractivity contribution in [2.45, 2.75) is 16.6 Å². The molecule has 0 saturated carbocycles. The fourth-order valence-electron chi connectivity index (χ4n) is 0.573. The third kappa shape index (κ3) is 4.08. The Kier molecular flexibility index (Phi) is 6.32. The molecule has 6 heteroatoms. The molecular weight excluding hydrogens is 308 g/mol. The first kappa shape index (κ1) is 12.9. The maximum atomic E-state index is 11.1. The van der Waals surface area contributed by atoms with Gasteiger partial charge in [-0.2, -0.15) is 0 Å². The molecule has 0 aromatic carbocycles. The highest BCUT2D eigenvalue weighted by Gasteiger charge is 2.31. The number of carbonyl (C=O) groups is 2. The van der Waals surface area contributed by atoms with E-state index in [-0.39, 0.29) is 6.61 Å². The fourth-order valence-corrected chi connectivity index (χ4v) is 1.32. The third-order valence-corrected chi connectivity index (χ3v) is 3.71. The number of halogens is 2. The quantitative estimate of drug-likeness (QED) is 0.578. The molecular formula is C7H10Br2O4. The van der Waals surface area contributed by atoms with Crippen LogP contribution in [0.2, 0.25) is 0 Å². The van der Waals surface area contributed by atoms with E-state index >= 15 is 0 Å². The molecule has 13 heavy (non-hydrogen) atoms. The molecule has 0 aromatic heterocycles. The zero-order chi connectivity index (χ0) is 10.4. The van der Waals surface area contributed by atoms with E-state index in [4.69, 9.17) is 4.74 Å². The van der Waals surface area contributed by atoms with Crippen molar-refractivity contribution in [1.82, 2.24) is 0 Å². The lowest BCUT2D eigenvalue weighted by atomic mass is 10.3. The SMILES string of the molecule is CCOC(=O)[C@@H](Br)[C@H](Br)C(=O)OC. The second-order valence-electron chi connectivity index (χ2n) is 2.08. The Bertz CT molecular complexity index is 195. The van der Waals surface area contributed by atoms with Crippen LogP contribution in [-0.2, 0) is 19.1 Å². The van der Waals surface area contributed by atoms with Crippen molar-refractivity contribution in [3.8, 4) is 0 Å². The van der Waals surface area contributed by atoms with Gasteiger partial charge in [0.05, 0.1) is 13.7 Å². The molecule has 0 radical (unpaired) electrons. The molecule has 0 spiro atoms. The van der Waals surface area contributed by atoms with Crippen LogP contribution in [0.1, 0.15) is 6.92 Å². The summed E-state index contributed by atoms with van der Waals surface area (Å²) in [5.74, 6) is -1.01. The number of ether oxygens (including phenoxy) is 2. The molecule has 0 aliphatic heterocycles. The first-order valence-corrected chi connectivity index (χ1v) is 5.40. The highest BCUT2D eigenvalue weighted by atomic mass is 79.9. The number of carbonyl (C=O) groups excluding carboxylic acids is 2. The van der Waals surface area contributed by atoms with E-state index in [2.05, 4.69) is 36.6 Å². The molecule has 2 atom stereocenters. The monoisotopic (exact) mass is 316 g/mol. The first-order valence-electron chi connectivity index (χ1n) is 3.57. The largest absolute Gasteiger partial charge is 0.468 e. The van der Waals surface area contributed by atoms with Gasteiger partial charge < -0.3 is 9.47 Å². The first-order chi connectivity index (χ1) is 6.04. The molecule has 0 aliphatic rings. The predicted molar refractivity (Wildman–Crippen MR) is 54.1 cm³/mol.